The molecule has 1 aliphatic rings. The Labute approximate surface area is 114 Å². The van der Waals surface area contributed by atoms with Crippen molar-refractivity contribution in [1.29, 1.82) is 0 Å². The molecule has 2 aromatic rings. The lowest BCUT2D eigenvalue weighted by Crippen LogP contribution is -2.15. The summed E-state index contributed by atoms with van der Waals surface area (Å²) >= 11 is 7.50. The Hall–Kier alpha value is -1.17. The van der Waals surface area contributed by atoms with Gasteiger partial charge in [0.25, 0.3) is 0 Å². The summed E-state index contributed by atoms with van der Waals surface area (Å²) in [6, 6.07) is 1.90. The van der Waals surface area contributed by atoms with Crippen molar-refractivity contribution in [3.05, 3.63) is 27.7 Å². The van der Waals surface area contributed by atoms with E-state index in [9.17, 15) is 0 Å². The van der Waals surface area contributed by atoms with E-state index >= 15 is 0 Å². The predicted octanol–water partition coefficient (Wildman–Crippen LogP) is 2.97. The third kappa shape index (κ3) is 2.09. The molecule has 0 atom stereocenters. The summed E-state index contributed by atoms with van der Waals surface area (Å²) in [4.78, 5) is 10.2. The Morgan fingerprint density at radius 2 is 2.33 bits per heavy atom. The normalized spacial score (nSPS) is 14.3. The van der Waals surface area contributed by atoms with E-state index in [0.29, 0.717) is 6.61 Å². The molecule has 0 radical (unpaired) electrons. The second-order valence-corrected chi connectivity index (χ2v) is 5.35. The first-order valence-electron chi connectivity index (χ1n) is 5.67. The molecule has 18 heavy (non-hydrogen) atoms. The van der Waals surface area contributed by atoms with Crippen molar-refractivity contribution in [3.8, 4) is 10.7 Å². The number of hydrogen-bond donors (Lipinski definition) is 1. The predicted molar refractivity (Wildman–Crippen MR) is 73.3 cm³/mol. The van der Waals surface area contributed by atoms with Crippen LogP contribution in [-0.2, 0) is 17.8 Å². The van der Waals surface area contributed by atoms with Crippen LogP contribution in [0.5, 0.6) is 0 Å². The van der Waals surface area contributed by atoms with E-state index in [1.807, 2.05) is 18.5 Å². The average molecular weight is 282 g/mol. The Balaban J connectivity index is 2.11. The monoisotopic (exact) mass is 281 g/mol. The van der Waals surface area contributed by atoms with Crippen LogP contribution in [0.3, 0.4) is 0 Å². The maximum atomic E-state index is 5.95. The summed E-state index contributed by atoms with van der Waals surface area (Å²) in [6.07, 6.45) is 0.832. The van der Waals surface area contributed by atoms with Crippen molar-refractivity contribution in [2.45, 2.75) is 13.0 Å². The van der Waals surface area contributed by atoms with Crippen molar-refractivity contribution < 1.29 is 4.74 Å². The molecule has 0 spiro atoms. The molecule has 3 heterocycles. The summed E-state index contributed by atoms with van der Waals surface area (Å²) in [7, 11) is 1.86. The number of halogens is 1. The van der Waals surface area contributed by atoms with Gasteiger partial charge in [0.05, 0.1) is 28.8 Å². The SMILES string of the molecule is CNc1nc(-c2cc(Cl)cs2)nc2c1COCC2. The molecule has 0 amide bonds. The van der Waals surface area contributed by atoms with E-state index < -0.39 is 0 Å². The van der Waals surface area contributed by atoms with Crippen LogP contribution >= 0.6 is 22.9 Å². The fourth-order valence-electron chi connectivity index (χ4n) is 1.98. The van der Waals surface area contributed by atoms with E-state index in [4.69, 9.17) is 16.3 Å². The standard InChI is InChI=1S/C12H12ClN3OS/c1-14-11-8-5-17-3-2-9(8)15-12(16-11)10-4-7(13)6-18-10/h4,6H,2-3,5H2,1H3,(H,14,15,16). The molecule has 0 saturated carbocycles. The van der Waals surface area contributed by atoms with Gasteiger partial charge in [-0.1, -0.05) is 11.6 Å². The van der Waals surface area contributed by atoms with Crippen molar-refractivity contribution in [1.82, 2.24) is 9.97 Å². The van der Waals surface area contributed by atoms with Gasteiger partial charge in [0, 0.05) is 24.4 Å². The Bertz CT molecular complexity index is 567. The van der Waals surface area contributed by atoms with E-state index in [-0.39, 0.29) is 0 Å². The summed E-state index contributed by atoms with van der Waals surface area (Å²) < 4.78 is 5.45. The smallest absolute Gasteiger partial charge is 0.171 e. The Kier molecular flexibility index (Phi) is 3.20. The molecular formula is C12H12ClN3OS. The van der Waals surface area contributed by atoms with Crippen LogP contribution in [0.15, 0.2) is 11.4 Å². The molecule has 1 N–H and O–H groups in total. The average Bonchev–Trinajstić information content (AvgIpc) is 2.84. The highest BCUT2D eigenvalue weighted by Gasteiger charge is 2.18. The van der Waals surface area contributed by atoms with Gasteiger partial charge in [-0.25, -0.2) is 9.97 Å². The molecule has 1 aliphatic heterocycles. The van der Waals surface area contributed by atoms with Crippen LogP contribution in [0.25, 0.3) is 10.7 Å². The molecule has 6 heteroatoms. The highest BCUT2D eigenvalue weighted by atomic mass is 35.5. The Morgan fingerprint density at radius 1 is 1.44 bits per heavy atom. The molecule has 0 fully saturated rings. The van der Waals surface area contributed by atoms with E-state index in [2.05, 4.69) is 15.3 Å². The van der Waals surface area contributed by atoms with Crippen molar-refractivity contribution >= 4 is 28.8 Å². The first kappa shape index (κ1) is 11.9. The topological polar surface area (TPSA) is 47.0 Å². The summed E-state index contributed by atoms with van der Waals surface area (Å²) in [5.74, 6) is 1.58. The molecule has 0 unspecified atom stereocenters. The van der Waals surface area contributed by atoms with E-state index in [1.54, 1.807) is 11.3 Å². The minimum atomic E-state index is 0.580. The highest BCUT2D eigenvalue weighted by molar-refractivity contribution is 7.14. The minimum Gasteiger partial charge on any atom is -0.376 e. The van der Waals surface area contributed by atoms with Gasteiger partial charge < -0.3 is 10.1 Å². The van der Waals surface area contributed by atoms with Gasteiger partial charge in [0.15, 0.2) is 5.82 Å². The fourth-order valence-corrected chi connectivity index (χ4v) is 2.99. The van der Waals surface area contributed by atoms with Crippen molar-refractivity contribution in [3.63, 3.8) is 0 Å². The summed E-state index contributed by atoms with van der Waals surface area (Å²) in [6.45, 7) is 1.30. The summed E-state index contributed by atoms with van der Waals surface area (Å²) in [5, 5.41) is 5.73. The van der Waals surface area contributed by atoms with Crippen LogP contribution in [0.1, 0.15) is 11.3 Å². The lowest BCUT2D eigenvalue weighted by molar-refractivity contribution is 0.109. The lowest BCUT2D eigenvalue weighted by Gasteiger charge is -2.18. The van der Waals surface area contributed by atoms with Crippen LogP contribution in [0, 0.1) is 0 Å². The van der Waals surface area contributed by atoms with Gasteiger partial charge >= 0.3 is 0 Å². The van der Waals surface area contributed by atoms with Gasteiger partial charge in [0.2, 0.25) is 0 Å². The molecular weight excluding hydrogens is 270 g/mol. The molecule has 2 aromatic heterocycles. The molecule has 94 valence electrons. The van der Waals surface area contributed by atoms with Crippen LogP contribution < -0.4 is 5.32 Å². The third-order valence-corrected chi connectivity index (χ3v) is 4.12. The first-order valence-corrected chi connectivity index (χ1v) is 6.93. The Morgan fingerprint density at radius 3 is 3.06 bits per heavy atom. The van der Waals surface area contributed by atoms with Crippen molar-refractivity contribution in [2.24, 2.45) is 0 Å². The van der Waals surface area contributed by atoms with Gasteiger partial charge in [0.1, 0.15) is 5.82 Å². The molecule has 0 aliphatic carbocycles. The number of anilines is 1. The number of ether oxygens (including phenoxy) is 1. The maximum Gasteiger partial charge on any atom is 0.171 e. The zero-order chi connectivity index (χ0) is 12.5. The number of nitrogens with zero attached hydrogens (tertiary/aromatic N) is 2. The third-order valence-electron chi connectivity index (χ3n) is 2.85. The number of fused-ring (bicyclic) bond motifs is 1. The molecule has 3 rings (SSSR count). The molecule has 0 bridgehead atoms. The number of nitrogens with one attached hydrogen (secondary N) is 1. The number of thiophene rings is 1. The van der Waals surface area contributed by atoms with E-state index in [1.165, 1.54) is 0 Å². The van der Waals surface area contributed by atoms with Crippen LogP contribution in [-0.4, -0.2) is 23.6 Å². The largest absolute Gasteiger partial charge is 0.376 e. The van der Waals surface area contributed by atoms with Crippen molar-refractivity contribution in [2.75, 3.05) is 19.0 Å². The zero-order valence-corrected chi connectivity index (χ0v) is 11.4. The lowest BCUT2D eigenvalue weighted by atomic mass is 10.1. The number of rotatable bonds is 2. The first-order chi connectivity index (χ1) is 8.78. The molecule has 4 nitrogen and oxygen atoms in total. The molecule has 0 aromatic carbocycles. The van der Waals surface area contributed by atoms with Gasteiger partial charge in [-0.3, -0.25) is 0 Å². The minimum absolute atomic E-state index is 0.580. The second-order valence-electron chi connectivity index (χ2n) is 4.00. The number of hydrogen-bond acceptors (Lipinski definition) is 5. The molecule has 0 saturated heterocycles. The quantitative estimate of drug-likeness (QED) is 0.919. The van der Waals surface area contributed by atoms with Gasteiger partial charge in [-0.15, -0.1) is 11.3 Å². The van der Waals surface area contributed by atoms with Gasteiger partial charge in [-0.2, -0.15) is 0 Å². The number of aromatic nitrogens is 2. The van der Waals surface area contributed by atoms with Crippen LogP contribution in [0.2, 0.25) is 5.02 Å². The van der Waals surface area contributed by atoms with Gasteiger partial charge in [-0.05, 0) is 6.07 Å². The summed E-state index contributed by atoms with van der Waals surface area (Å²) in [5.41, 5.74) is 2.13. The van der Waals surface area contributed by atoms with E-state index in [0.717, 1.165) is 45.8 Å². The zero-order valence-electron chi connectivity index (χ0n) is 9.86. The highest BCUT2D eigenvalue weighted by Crippen LogP contribution is 2.30. The van der Waals surface area contributed by atoms with Crippen LogP contribution in [0.4, 0.5) is 5.82 Å². The second kappa shape index (κ2) is 4.84. The maximum absolute atomic E-state index is 5.95. The fraction of sp³-hybridized carbons (Fsp3) is 0.333.